The molecule has 22 heavy (non-hydrogen) atoms. The highest BCUT2D eigenvalue weighted by atomic mass is 16.5. The molecule has 0 radical (unpaired) electrons. The van der Waals surface area contributed by atoms with Crippen LogP contribution < -0.4 is 4.74 Å². The number of methoxy groups -OCH3 is 1. The summed E-state index contributed by atoms with van der Waals surface area (Å²) in [5.74, 6) is 0.815. The maximum absolute atomic E-state index is 12.1. The Morgan fingerprint density at radius 1 is 1.32 bits per heavy atom. The number of pyridine rings is 1. The standard InChI is InChI=1S/C18H20N2O2/c1-20(12-10-15-5-3-7-17(13-15)22-2)18(21)9-8-16-6-4-11-19-14-16/h3-9,11,13-14H,10,12H2,1-2H3/b9-8+. The molecule has 4 nitrogen and oxygen atoms in total. The van der Waals surface area contributed by atoms with Crippen molar-refractivity contribution in [3.05, 3.63) is 66.0 Å². The van der Waals surface area contributed by atoms with E-state index < -0.39 is 0 Å². The van der Waals surface area contributed by atoms with Gasteiger partial charge in [0.15, 0.2) is 0 Å². The minimum absolute atomic E-state index is 0.0215. The highest BCUT2D eigenvalue weighted by Crippen LogP contribution is 2.13. The Bertz CT molecular complexity index is 639. The number of likely N-dealkylation sites (N-methyl/N-ethyl adjacent to an activating group) is 1. The minimum Gasteiger partial charge on any atom is -0.497 e. The molecular formula is C18H20N2O2. The lowest BCUT2D eigenvalue weighted by molar-refractivity contribution is -0.124. The summed E-state index contributed by atoms with van der Waals surface area (Å²) in [5, 5.41) is 0. The van der Waals surface area contributed by atoms with Gasteiger partial charge in [0.25, 0.3) is 0 Å². The van der Waals surface area contributed by atoms with Crippen molar-refractivity contribution in [2.24, 2.45) is 0 Å². The normalized spacial score (nSPS) is 10.6. The fourth-order valence-corrected chi connectivity index (χ4v) is 2.00. The molecule has 1 aromatic heterocycles. The number of nitrogens with zero attached hydrogens (tertiary/aromatic N) is 2. The maximum atomic E-state index is 12.1. The van der Waals surface area contributed by atoms with Gasteiger partial charge in [-0.3, -0.25) is 9.78 Å². The van der Waals surface area contributed by atoms with Crippen LogP contribution in [-0.4, -0.2) is 36.5 Å². The second kappa shape index (κ2) is 7.98. The molecule has 1 aromatic carbocycles. The summed E-state index contributed by atoms with van der Waals surface area (Å²) in [6.45, 7) is 0.656. The Morgan fingerprint density at radius 3 is 2.91 bits per heavy atom. The third kappa shape index (κ3) is 4.74. The van der Waals surface area contributed by atoms with Gasteiger partial charge in [-0.05, 0) is 41.8 Å². The Hall–Kier alpha value is -2.62. The molecule has 0 saturated heterocycles. The molecule has 0 N–H and O–H groups in total. The van der Waals surface area contributed by atoms with Gasteiger partial charge in [0.1, 0.15) is 5.75 Å². The molecule has 0 saturated carbocycles. The van der Waals surface area contributed by atoms with E-state index >= 15 is 0 Å². The molecule has 4 heteroatoms. The van der Waals surface area contributed by atoms with E-state index in [1.807, 2.05) is 36.4 Å². The highest BCUT2D eigenvalue weighted by Gasteiger charge is 2.05. The van der Waals surface area contributed by atoms with Gasteiger partial charge in [0.05, 0.1) is 7.11 Å². The molecule has 2 aromatic rings. The van der Waals surface area contributed by atoms with E-state index in [9.17, 15) is 4.79 Å². The largest absolute Gasteiger partial charge is 0.497 e. The molecule has 0 aliphatic carbocycles. The number of hydrogen-bond acceptors (Lipinski definition) is 3. The molecule has 0 spiro atoms. The van der Waals surface area contributed by atoms with Crippen molar-refractivity contribution < 1.29 is 9.53 Å². The number of ether oxygens (including phenoxy) is 1. The van der Waals surface area contributed by atoms with Crippen LogP contribution in [0.3, 0.4) is 0 Å². The summed E-state index contributed by atoms with van der Waals surface area (Å²) < 4.78 is 5.20. The molecule has 114 valence electrons. The van der Waals surface area contributed by atoms with E-state index in [-0.39, 0.29) is 5.91 Å². The van der Waals surface area contributed by atoms with E-state index in [1.54, 1.807) is 43.6 Å². The monoisotopic (exact) mass is 296 g/mol. The lowest BCUT2D eigenvalue weighted by atomic mass is 10.1. The van der Waals surface area contributed by atoms with Gasteiger partial charge in [0, 0.05) is 32.1 Å². The molecular weight excluding hydrogens is 276 g/mol. The molecule has 0 aliphatic rings. The quantitative estimate of drug-likeness (QED) is 0.770. The van der Waals surface area contributed by atoms with E-state index in [2.05, 4.69) is 4.98 Å². The predicted molar refractivity (Wildman–Crippen MR) is 87.6 cm³/mol. The van der Waals surface area contributed by atoms with Gasteiger partial charge in [-0.25, -0.2) is 0 Å². The first kappa shape index (κ1) is 15.8. The molecule has 1 heterocycles. The Balaban J connectivity index is 1.87. The molecule has 0 unspecified atom stereocenters. The lowest BCUT2D eigenvalue weighted by Crippen LogP contribution is -2.27. The lowest BCUT2D eigenvalue weighted by Gasteiger charge is -2.15. The number of rotatable bonds is 6. The summed E-state index contributed by atoms with van der Waals surface area (Å²) in [7, 11) is 3.45. The maximum Gasteiger partial charge on any atom is 0.246 e. The average molecular weight is 296 g/mol. The Morgan fingerprint density at radius 2 is 2.18 bits per heavy atom. The number of amides is 1. The second-order valence-electron chi connectivity index (χ2n) is 4.98. The summed E-state index contributed by atoms with van der Waals surface area (Å²) in [6.07, 6.45) is 7.57. The zero-order chi connectivity index (χ0) is 15.8. The van der Waals surface area contributed by atoms with Crippen molar-refractivity contribution in [3.8, 4) is 5.75 Å². The van der Waals surface area contributed by atoms with Crippen molar-refractivity contribution >= 4 is 12.0 Å². The number of benzene rings is 1. The van der Waals surface area contributed by atoms with Gasteiger partial charge >= 0.3 is 0 Å². The van der Waals surface area contributed by atoms with Crippen molar-refractivity contribution in [2.45, 2.75) is 6.42 Å². The first-order valence-corrected chi connectivity index (χ1v) is 7.15. The molecule has 2 rings (SSSR count). The smallest absolute Gasteiger partial charge is 0.246 e. The van der Waals surface area contributed by atoms with Crippen molar-refractivity contribution in [3.63, 3.8) is 0 Å². The average Bonchev–Trinajstić information content (AvgIpc) is 2.58. The summed E-state index contributed by atoms with van der Waals surface area (Å²) in [6, 6.07) is 11.6. The number of hydrogen-bond donors (Lipinski definition) is 0. The van der Waals surface area contributed by atoms with Crippen LogP contribution in [0.2, 0.25) is 0 Å². The van der Waals surface area contributed by atoms with E-state index in [1.165, 1.54) is 0 Å². The van der Waals surface area contributed by atoms with Crippen molar-refractivity contribution in [1.82, 2.24) is 9.88 Å². The van der Waals surface area contributed by atoms with Crippen LogP contribution in [0.4, 0.5) is 0 Å². The SMILES string of the molecule is COc1cccc(CCN(C)C(=O)/C=C/c2cccnc2)c1. The first-order chi connectivity index (χ1) is 10.7. The highest BCUT2D eigenvalue weighted by molar-refractivity contribution is 5.91. The van der Waals surface area contributed by atoms with Crippen LogP contribution in [-0.2, 0) is 11.2 Å². The van der Waals surface area contributed by atoms with Crippen LogP contribution >= 0.6 is 0 Å². The molecule has 0 bridgehead atoms. The second-order valence-corrected chi connectivity index (χ2v) is 4.98. The van der Waals surface area contributed by atoms with Crippen LogP contribution in [0.5, 0.6) is 5.75 Å². The summed E-state index contributed by atoms with van der Waals surface area (Å²) in [5.41, 5.74) is 2.06. The molecule has 0 atom stereocenters. The van der Waals surface area contributed by atoms with Gasteiger partial charge < -0.3 is 9.64 Å². The van der Waals surface area contributed by atoms with Gasteiger partial charge in [-0.2, -0.15) is 0 Å². The fourth-order valence-electron chi connectivity index (χ4n) is 2.00. The van der Waals surface area contributed by atoms with E-state index in [4.69, 9.17) is 4.74 Å². The van der Waals surface area contributed by atoms with Crippen molar-refractivity contribution in [2.75, 3.05) is 20.7 Å². The van der Waals surface area contributed by atoms with Gasteiger partial charge in [-0.15, -0.1) is 0 Å². The third-order valence-electron chi connectivity index (χ3n) is 3.35. The minimum atomic E-state index is -0.0215. The third-order valence-corrected chi connectivity index (χ3v) is 3.35. The Labute approximate surface area is 131 Å². The van der Waals surface area contributed by atoms with Crippen LogP contribution in [0.15, 0.2) is 54.9 Å². The number of carbonyl (C=O) groups is 1. The summed E-state index contributed by atoms with van der Waals surface area (Å²) in [4.78, 5) is 17.8. The number of aromatic nitrogens is 1. The van der Waals surface area contributed by atoms with Gasteiger partial charge in [-0.1, -0.05) is 18.2 Å². The van der Waals surface area contributed by atoms with E-state index in [0.717, 1.165) is 23.3 Å². The van der Waals surface area contributed by atoms with Gasteiger partial charge in [0.2, 0.25) is 5.91 Å². The molecule has 0 aliphatic heterocycles. The zero-order valence-corrected chi connectivity index (χ0v) is 12.9. The topological polar surface area (TPSA) is 42.4 Å². The summed E-state index contributed by atoms with van der Waals surface area (Å²) >= 11 is 0. The van der Waals surface area contributed by atoms with Crippen LogP contribution in [0.25, 0.3) is 6.08 Å². The zero-order valence-electron chi connectivity index (χ0n) is 12.9. The molecule has 1 amide bonds. The Kier molecular flexibility index (Phi) is 5.72. The first-order valence-electron chi connectivity index (χ1n) is 7.15. The fraction of sp³-hybridized carbons (Fsp3) is 0.222. The van der Waals surface area contributed by atoms with Crippen molar-refractivity contribution in [1.29, 1.82) is 0 Å². The predicted octanol–water partition coefficient (Wildman–Crippen LogP) is 2.80. The van der Waals surface area contributed by atoms with Crippen LogP contribution in [0.1, 0.15) is 11.1 Å². The van der Waals surface area contributed by atoms with Crippen LogP contribution in [0, 0.1) is 0 Å². The molecule has 0 fully saturated rings. The number of carbonyl (C=O) groups excluding carboxylic acids is 1. The van der Waals surface area contributed by atoms with E-state index in [0.29, 0.717) is 6.54 Å².